The smallest absolute Gasteiger partial charge is 0.282 e. The summed E-state index contributed by atoms with van der Waals surface area (Å²) in [5, 5.41) is 0. The zero-order valence-electron chi connectivity index (χ0n) is 11.7. The van der Waals surface area contributed by atoms with E-state index < -0.39 is 10.1 Å². The highest BCUT2D eigenvalue weighted by Crippen LogP contribution is 2.35. The van der Waals surface area contributed by atoms with Crippen LogP contribution in [0.4, 0.5) is 0 Å². The summed E-state index contributed by atoms with van der Waals surface area (Å²) < 4.78 is 32.7. The Hall–Kier alpha value is -2.43. The molecule has 0 radical (unpaired) electrons. The number of hydrogen-bond donors (Lipinski definition) is 1. The molecule has 3 rings (SSSR count). The Morgan fingerprint density at radius 3 is 1.73 bits per heavy atom. The molecule has 1 N–H and O–H groups in total. The van der Waals surface area contributed by atoms with Gasteiger partial charge in [0.15, 0.2) is 0 Å². The molecular weight excluding hydrogens is 296 g/mol. The molecule has 0 unspecified atom stereocenters. The minimum absolute atomic E-state index is 0.0848. The van der Waals surface area contributed by atoms with Gasteiger partial charge in [-0.25, -0.2) is 0 Å². The van der Waals surface area contributed by atoms with Crippen molar-refractivity contribution in [3.63, 3.8) is 0 Å². The lowest BCUT2D eigenvalue weighted by molar-refractivity contribution is 0.483. The highest BCUT2D eigenvalue weighted by atomic mass is 32.2. The summed E-state index contributed by atoms with van der Waals surface area (Å²) in [6, 6.07) is 23.7. The first kappa shape index (κ1) is 14.5. The first-order valence-electron chi connectivity index (χ1n) is 6.79. The maximum absolute atomic E-state index is 11.6. The molecule has 0 aliphatic carbocycles. The molecule has 0 saturated heterocycles. The predicted octanol–water partition coefficient (Wildman–Crippen LogP) is 4.27. The molecule has 3 aromatic carbocycles. The number of hydrogen-bond acceptors (Lipinski definition) is 2. The van der Waals surface area contributed by atoms with E-state index in [2.05, 4.69) is 0 Å². The van der Waals surface area contributed by atoms with Gasteiger partial charge in [0.05, 0.1) is 0 Å². The van der Waals surface area contributed by atoms with Gasteiger partial charge in [-0.15, -0.1) is 0 Å². The summed E-state index contributed by atoms with van der Waals surface area (Å²) >= 11 is 0. The van der Waals surface area contributed by atoms with Crippen LogP contribution in [0, 0.1) is 0 Å². The van der Waals surface area contributed by atoms with E-state index in [4.69, 9.17) is 0 Å². The number of benzene rings is 3. The van der Waals surface area contributed by atoms with Crippen molar-refractivity contribution in [2.45, 2.75) is 4.90 Å². The van der Waals surface area contributed by atoms with Gasteiger partial charge in [0, 0.05) is 5.56 Å². The van der Waals surface area contributed by atoms with Crippen LogP contribution in [-0.4, -0.2) is 13.0 Å². The largest absolute Gasteiger partial charge is 0.295 e. The lowest BCUT2D eigenvalue weighted by Crippen LogP contribution is -2.01. The second-order valence-electron chi connectivity index (χ2n) is 4.88. The average Bonchev–Trinajstić information content (AvgIpc) is 2.55. The normalized spacial score (nSPS) is 11.3. The maximum Gasteiger partial charge on any atom is 0.295 e. The lowest BCUT2D eigenvalue weighted by Gasteiger charge is -2.12. The monoisotopic (exact) mass is 310 g/mol. The first-order chi connectivity index (χ1) is 10.6. The Balaban J connectivity index is 2.28. The van der Waals surface area contributed by atoms with Crippen molar-refractivity contribution in [2.24, 2.45) is 0 Å². The average molecular weight is 310 g/mol. The van der Waals surface area contributed by atoms with E-state index in [0.29, 0.717) is 5.56 Å². The highest BCUT2D eigenvalue weighted by molar-refractivity contribution is 7.86. The van der Waals surface area contributed by atoms with Gasteiger partial charge < -0.3 is 0 Å². The van der Waals surface area contributed by atoms with Crippen molar-refractivity contribution in [2.75, 3.05) is 0 Å². The Bertz CT molecular complexity index is 900. The summed E-state index contributed by atoms with van der Waals surface area (Å²) in [7, 11) is -4.28. The molecule has 0 atom stereocenters. The molecule has 0 bridgehead atoms. The third kappa shape index (κ3) is 2.79. The van der Waals surface area contributed by atoms with Crippen LogP contribution in [0.3, 0.4) is 0 Å². The molecule has 0 amide bonds. The Labute approximate surface area is 129 Å². The predicted molar refractivity (Wildman–Crippen MR) is 87.1 cm³/mol. The van der Waals surface area contributed by atoms with Gasteiger partial charge in [-0.1, -0.05) is 72.8 Å². The molecule has 0 fully saturated rings. The third-order valence-electron chi connectivity index (χ3n) is 3.47. The van der Waals surface area contributed by atoms with E-state index in [1.54, 1.807) is 18.2 Å². The molecule has 110 valence electrons. The van der Waals surface area contributed by atoms with Crippen LogP contribution in [0.5, 0.6) is 0 Å². The maximum atomic E-state index is 11.6. The van der Waals surface area contributed by atoms with Crippen LogP contribution in [0.25, 0.3) is 22.3 Å². The van der Waals surface area contributed by atoms with Crippen LogP contribution in [-0.2, 0) is 10.1 Å². The van der Waals surface area contributed by atoms with Crippen molar-refractivity contribution >= 4 is 10.1 Å². The zero-order valence-corrected chi connectivity index (χ0v) is 12.5. The van der Waals surface area contributed by atoms with Gasteiger partial charge in [-0.05, 0) is 22.8 Å². The highest BCUT2D eigenvalue weighted by Gasteiger charge is 2.18. The van der Waals surface area contributed by atoms with Crippen molar-refractivity contribution in [1.82, 2.24) is 0 Å². The van der Waals surface area contributed by atoms with E-state index in [1.165, 1.54) is 6.07 Å². The fourth-order valence-electron chi connectivity index (χ4n) is 2.50. The fourth-order valence-corrected chi connectivity index (χ4v) is 3.21. The van der Waals surface area contributed by atoms with Crippen molar-refractivity contribution in [1.29, 1.82) is 0 Å². The van der Waals surface area contributed by atoms with Gasteiger partial charge in [-0.3, -0.25) is 4.55 Å². The van der Waals surface area contributed by atoms with E-state index in [-0.39, 0.29) is 4.90 Å². The molecule has 4 heteroatoms. The number of rotatable bonds is 3. The summed E-state index contributed by atoms with van der Waals surface area (Å²) in [5.74, 6) is 0. The molecule has 0 aromatic heterocycles. The molecule has 0 spiro atoms. The Kier molecular flexibility index (Phi) is 3.79. The molecule has 0 aliphatic rings. The standard InChI is InChI=1S/C18H14O3S/c19-22(20,21)18-13-7-6-12-17(18)16-11-5-4-10-15(16)14-8-2-1-3-9-14/h1-13H,(H,19,20,21). The van der Waals surface area contributed by atoms with E-state index in [1.807, 2.05) is 54.6 Å². The van der Waals surface area contributed by atoms with Crippen LogP contribution in [0.1, 0.15) is 0 Å². The van der Waals surface area contributed by atoms with Crippen molar-refractivity contribution < 1.29 is 13.0 Å². The molecule has 22 heavy (non-hydrogen) atoms. The molecule has 0 heterocycles. The molecule has 3 nitrogen and oxygen atoms in total. The van der Waals surface area contributed by atoms with Crippen molar-refractivity contribution in [3.8, 4) is 22.3 Å². The summed E-state index contributed by atoms with van der Waals surface area (Å²) in [6.45, 7) is 0. The first-order valence-corrected chi connectivity index (χ1v) is 8.23. The van der Waals surface area contributed by atoms with Crippen LogP contribution in [0.2, 0.25) is 0 Å². The quantitative estimate of drug-likeness (QED) is 0.735. The molecular formula is C18H14O3S. The minimum Gasteiger partial charge on any atom is -0.282 e. The zero-order chi connectivity index (χ0) is 15.6. The van der Waals surface area contributed by atoms with Crippen molar-refractivity contribution in [3.05, 3.63) is 78.9 Å². The summed E-state index contributed by atoms with van der Waals surface area (Å²) in [4.78, 5) is -0.0848. The van der Waals surface area contributed by atoms with Gasteiger partial charge >= 0.3 is 0 Å². The van der Waals surface area contributed by atoms with Gasteiger partial charge in [0.25, 0.3) is 10.1 Å². The van der Waals surface area contributed by atoms with Gasteiger partial charge in [0.1, 0.15) is 4.90 Å². The Morgan fingerprint density at radius 1 is 0.591 bits per heavy atom. The van der Waals surface area contributed by atoms with Gasteiger partial charge in [0.2, 0.25) is 0 Å². The third-order valence-corrected chi connectivity index (χ3v) is 4.38. The molecule has 0 aliphatic heterocycles. The fraction of sp³-hybridized carbons (Fsp3) is 0. The van der Waals surface area contributed by atoms with Gasteiger partial charge in [-0.2, -0.15) is 8.42 Å². The van der Waals surface area contributed by atoms with E-state index in [0.717, 1.165) is 16.7 Å². The van der Waals surface area contributed by atoms with Crippen LogP contribution >= 0.6 is 0 Å². The minimum atomic E-state index is -4.28. The van der Waals surface area contributed by atoms with E-state index in [9.17, 15) is 13.0 Å². The molecule has 3 aromatic rings. The summed E-state index contributed by atoms with van der Waals surface area (Å²) in [6.07, 6.45) is 0. The second-order valence-corrected chi connectivity index (χ2v) is 6.27. The lowest BCUT2D eigenvalue weighted by atomic mass is 9.95. The van der Waals surface area contributed by atoms with Crippen LogP contribution in [0.15, 0.2) is 83.8 Å². The van der Waals surface area contributed by atoms with Crippen LogP contribution < -0.4 is 0 Å². The molecule has 0 saturated carbocycles. The Morgan fingerprint density at radius 2 is 1.09 bits per heavy atom. The second kappa shape index (κ2) is 5.75. The SMILES string of the molecule is O=S(=O)(O)c1ccccc1-c1ccccc1-c1ccccc1. The van der Waals surface area contributed by atoms with E-state index >= 15 is 0 Å². The topological polar surface area (TPSA) is 54.4 Å². The summed E-state index contributed by atoms with van der Waals surface area (Å²) in [5.41, 5.74) is 3.16.